The van der Waals surface area contributed by atoms with Crippen molar-refractivity contribution in [1.82, 2.24) is 10.2 Å². The second-order valence-corrected chi connectivity index (χ2v) is 5.61. The fraction of sp³-hybridized carbons (Fsp3) is 0.538. The Morgan fingerprint density at radius 2 is 2.11 bits per heavy atom. The number of ether oxygens (including phenoxy) is 2. The van der Waals surface area contributed by atoms with E-state index in [4.69, 9.17) is 9.47 Å². The van der Waals surface area contributed by atoms with Gasteiger partial charge in [-0.25, -0.2) is 0 Å². The zero-order valence-electron chi connectivity index (χ0n) is 10.2. The SMILES string of the molecule is Brc1cc2c(c(CN3CCNCC3)c1)OCOC2. The Labute approximate surface area is 115 Å². The summed E-state index contributed by atoms with van der Waals surface area (Å²) in [7, 11) is 0. The van der Waals surface area contributed by atoms with Crippen LogP contribution in [0.1, 0.15) is 11.1 Å². The third kappa shape index (κ3) is 2.69. The second kappa shape index (κ2) is 5.57. The van der Waals surface area contributed by atoms with Gasteiger partial charge in [-0.15, -0.1) is 0 Å². The first kappa shape index (κ1) is 12.4. The molecule has 4 nitrogen and oxygen atoms in total. The molecule has 18 heavy (non-hydrogen) atoms. The number of hydrogen-bond donors (Lipinski definition) is 1. The fourth-order valence-corrected chi connectivity index (χ4v) is 3.04. The number of rotatable bonds is 2. The predicted octanol–water partition coefficient (Wildman–Crippen LogP) is 1.72. The van der Waals surface area contributed by atoms with Crippen molar-refractivity contribution in [1.29, 1.82) is 0 Å². The number of piperazine rings is 1. The lowest BCUT2D eigenvalue weighted by Gasteiger charge is -2.29. The van der Waals surface area contributed by atoms with Crippen LogP contribution in [0.5, 0.6) is 5.75 Å². The van der Waals surface area contributed by atoms with E-state index in [-0.39, 0.29) is 0 Å². The number of hydrogen-bond acceptors (Lipinski definition) is 4. The number of halogens is 1. The summed E-state index contributed by atoms with van der Waals surface area (Å²) >= 11 is 3.56. The van der Waals surface area contributed by atoms with Crippen molar-refractivity contribution in [2.45, 2.75) is 13.2 Å². The molecule has 2 heterocycles. The third-order valence-corrected chi connectivity index (χ3v) is 3.81. The quantitative estimate of drug-likeness (QED) is 0.901. The zero-order chi connectivity index (χ0) is 12.4. The largest absolute Gasteiger partial charge is 0.467 e. The molecule has 1 fully saturated rings. The molecule has 2 aliphatic heterocycles. The molecule has 1 N–H and O–H groups in total. The highest BCUT2D eigenvalue weighted by molar-refractivity contribution is 9.10. The van der Waals surface area contributed by atoms with Crippen LogP contribution >= 0.6 is 15.9 Å². The van der Waals surface area contributed by atoms with E-state index in [0.29, 0.717) is 13.4 Å². The van der Waals surface area contributed by atoms with E-state index >= 15 is 0 Å². The lowest BCUT2D eigenvalue weighted by molar-refractivity contribution is -0.0175. The smallest absolute Gasteiger partial charge is 0.189 e. The van der Waals surface area contributed by atoms with Gasteiger partial charge in [0.05, 0.1) is 6.61 Å². The molecule has 1 saturated heterocycles. The molecular formula is C13H17BrN2O2. The minimum Gasteiger partial charge on any atom is -0.467 e. The van der Waals surface area contributed by atoms with Gasteiger partial charge in [-0.2, -0.15) is 0 Å². The molecule has 0 atom stereocenters. The van der Waals surface area contributed by atoms with Crippen LogP contribution in [0.25, 0.3) is 0 Å². The number of nitrogens with zero attached hydrogens (tertiary/aromatic N) is 1. The topological polar surface area (TPSA) is 33.7 Å². The van der Waals surface area contributed by atoms with Gasteiger partial charge >= 0.3 is 0 Å². The Morgan fingerprint density at radius 3 is 2.94 bits per heavy atom. The van der Waals surface area contributed by atoms with Crippen molar-refractivity contribution >= 4 is 15.9 Å². The monoisotopic (exact) mass is 312 g/mol. The third-order valence-electron chi connectivity index (χ3n) is 3.36. The number of benzene rings is 1. The summed E-state index contributed by atoms with van der Waals surface area (Å²) in [5.41, 5.74) is 2.39. The van der Waals surface area contributed by atoms with Crippen LogP contribution in [-0.4, -0.2) is 37.9 Å². The molecule has 98 valence electrons. The maximum Gasteiger partial charge on any atom is 0.189 e. The molecule has 1 aromatic rings. The molecule has 0 aliphatic carbocycles. The van der Waals surface area contributed by atoms with Gasteiger partial charge in [-0.1, -0.05) is 15.9 Å². The van der Waals surface area contributed by atoms with Crippen molar-refractivity contribution in [2.75, 3.05) is 33.0 Å². The van der Waals surface area contributed by atoms with Gasteiger partial charge in [-0.05, 0) is 12.1 Å². The van der Waals surface area contributed by atoms with E-state index in [9.17, 15) is 0 Å². The summed E-state index contributed by atoms with van der Waals surface area (Å²) in [6.45, 7) is 6.28. The van der Waals surface area contributed by atoms with E-state index in [2.05, 4.69) is 38.3 Å². The molecule has 5 heteroatoms. The second-order valence-electron chi connectivity index (χ2n) is 4.69. The average molecular weight is 313 g/mol. The molecule has 0 unspecified atom stereocenters. The van der Waals surface area contributed by atoms with Crippen LogP contribution in [0.15, 0.2) is 16.6 Å². The normalized spacial score (nSPS) is 20.3. The Balaban J connectivity index is 1.83. The standard InChI is InChI=1S/C13H17BrN2O2/c14-12-5-10(7-16-3-1-15-2-4-16)13-11(6-12)8-17-9-18-13/h5-6,15H,1-4,7-9H2. The molecule has 0 spiro atoms. The molecule has 0 bridgehead atoms. The average Bonchev–Trinajstić information content (AvgIpc) is 2.40. The highest BCUT2D eigenvalue weighted by Gasteiger charge is 2.19. The van der Waals surface area contributed by atoms with Gasteiger partial charge < -0.3 is 14.8 Å². The van der Waals surface area contributed by atoms with E-state index in [0.717, 1.165) is 48.5 Å². The molecule has 3 rings (SSSR count). The minimum absolute atomic E-state index is 0.364. The summed E-state index contributed by atoms with van der Waals surface area (Å²) in [6.07, 6.45) is 0. The van der Waals surface area contributed by atoms with E-state index in [1.807, 2.05) is 0 Å². The molecule has 0 amide bonds. The number of fused-ring (bicyclic) bond motifs is 1. The van der Waals surface area contributed by atoms with Crippen molar-refractivity contribution in [3.05, 3.63) is 27.7 Å². The van der Waals surface area contributed by atoms with Crippen LogP contribution in [0.2, 0.25) is 0 Å². The van der Waals surface area contributed by atoms with Gasteiger partial charge in [0.15, 0.2) is 6.79 Å². The fourth-order valence-electron chi connectivity index (χ4n) is 2.48. The summed E-state index contributed by atoms with van der Waals surface area (Å²) < 4.78 is 12.1. The van der Waals surface area contributed by atoms with Gasteiger partial charge in [0.25, 0.3) is 0 Å². The Morgan fingerprint density at radius 1 is 1.28 bits per heavy atom. The number of nitrogens with one attached hydrogen (secondary N) is 1. The van der Waals surface area contributed by atoms with Gasteiger partial charge in [0, 0.05) is 48.3 Å². The molecular weight excluding hydrogens is 296 g/mol. The molecule has 2 aliphatic rings. The van der Waals surface area contributed by atoms with E-state index < -0.39 is 0 Å². The zero-order valence-corrected chi connectivity index (χ0v) is 11.8. The predicted molar refractivity (Wildman–Crippen MR) is 72.6 cm³/mol. The van der Waals surface area contributed by atoms with E-state index in [1.54, 1.807) is 0 Å². The summed E-state index contributed by atoms with van der Waals surface area (Å²) in [5, 5.41) is 3.37. The van der Waals surface area contributed by atoms with Crippen LogP contribution < -0.4 is 10.1 Å². The maximum absolute atomic E-state index is 5.67. The molecule has 1 aromatic carbocycles. The molecule has 0 saturated carbocycles. The lowest BCUT2D eigenvalue weighted by Crippen LogP contribution is -2.43. The van der Waals surface area contributed by atoms with Crippen molar-refractivity contribution in [3.8, 4) is 5.75 Å². The highest BCUT2D eigenvalue weighted by Crippen LogP contribution is 2.32. The minimum atomic E-state index is 0.364. The Bertz CT molecular complexity index is 433. The molecule has 0 aromatic heterocycles. The van der Waals surface area contributed by atoms with Crippen molar-refractivity contribution in [3.63, 3.8) is 0 Å². The lowest BCUT2D eigenvalue weighted by atomic mass is 10.1. The van der Waals surface area contributed by atoms with Crippen LogP contribution in [0.4, 0.5) is 0 Å². The highest BCUT2D eigenvalue weighted by atomic mass is 79.9. The summed E-state index contributed by atoms with van der Waals surface area (Å²) in [6, 6.07) is 4.24. The van der Waals surface area contributed by atoms with Gasteiger partial charge in [0.2, 0.25) is 0 Å². The molecule has 0 radical (unpaired) electrons. The first-order valence-electron chi connectivity index (χ1n) is 6.28. The summed E-state index contributed by atoms with van der Waals surface area (Å²) in [4.78, 5) is 2.46. The van der Waals surface area contributed by atoms with Crippen molar-refractivity contribution < 1.29 is 9.47 Å². The van der Waals surface area contributed by atoms with Gasteiger partial charge in [0.1, 0.15) is 5.75 Å². The summed E-state index contributed by atoms with van der Waals surface area (Å²) in [5.74, 6) is 1.02. The van der Waals surface area contributed by atoms with Crippen LogP contribution in [0.3, 0.4) is 0 Å². The Hall–Kier alpha value is -0.620. The van der Waals surface area contributed by atoms with Crippen LogP contribution in [0, 0.1) is 0 Å². The van der Waals surface area contributed by atoms with E-state index in [1.165, 1.54) is 5.56 Å². The first-order chi connectivity index (χ1) is 8.83. The first-order valence-corrected chi connectivity index (χ1v) is 7.07. The van der Waals surface area contributed by atoms with Gasteiger partial charge in [-0.3, -0.25) is 4.90 Å². The Kier molecular flexibility index (Phi) is 3.84. The van der Waals surface area contributed by atoms with Crippen molar-refractivity contribution in [2.24, 2.45) is 0 Å². The maximum atomic E-state index is 5.67. The van der Waals surface area contributed by atoms with Crippen LogP contribution in [-0.2, 0) is 17.9 Å².